The predicted octanol–water partition coefficient (Wildman–Crippen LogP) is 5.61. The number of nitrogens with zero attached hydrogens (tertiary/aromatic N) is 1. The number of carbonyl (C=O) groups is 4. The summed E-state index contributed by atoms with van der Waals surface area (Å²) in [6.07, 6.45) is 1.67. The molecule has 1 aliphatic heterocycles. The summed E-state index contributed by atoms with van der Waals surface area (Å²) >= 11 is 6.21. The van der Waals surface area contributed by atoms with E-state index in [-0.39, 0.29) is 16.4 Å². The van der Waals surface area contributed by atoms with Crippen LogP contribution in [-0.2, 0) is 14.3 Å². The van der Waals surface area contributed by atoms with Crippen molar-refractivity contribution in [3.63, 3.8) is 0 Å². The molecular formula is C29H25ClN2O6. The van der Waals surface area contributed by atoms with Crippen molar-refractivity contribution in [3.8, 4) is 5.75 Å². The van der Waals surface area contributed by atoms with Crippen molar-refractivity contribution in [2.45, 2.75) is 26.7 Å². The van der Waals surface area contributed by atoms with Gasteiger partial charge in [0.1, 0.15) is 16.5 Å². The summed E-state index contributed by atoms with van der Waals surface area (Å²) in [4.78, 5) is 51.3. The Balaban J connectivity index is 1.42. The Morgan fingerprint density at radius 3 is 2.21 bits per heavy atom. The topological polar surface area (TPSA) is 102 Å². The van der Waals surface area contributed by atoms with Crippen LogP contribution >= 0.6 is 11.6 Å². The molecule has 2 amide bonds. The van der Waals surface area contributed by atoms with Gasteiger partial charge in [-0.15, -0.1) is 0 Å². The summed E-state index contributed by atoms with van der Waals surface area (Å²) in [6, 6.07) is 19.3. The van der Waals surface area contributed by atoms with E-state index in [0.717, 1.165) is 23.3 Å². The molecule has 1 aliphatic rings. The molecular weight excluding hydrogens is 508 g/mol. The van der Waals surface area contributed by atoms with Gasteiger partial charge in [0, 0.05) is 5.69 Å². The average Bonchev–Trinajstić information content (AvgIpc) is 3.12. The number of halogens is 1. The number of hydrogen-bond acceptors (Lipinski definition) is 7. The molecule has 9 heteroatoms. The smallest absolute Gasteiger partial charge is 0.343 e. The molecule has 3 aromatic rings. The van der Waals surface area contributed by atoms with E-state index in [2.05, 4.69) is 5.32 Å². The van der Waals surface area contributed by atoms with E-state index in [1.54, 1.807) is 30.3 Å². The molecule has 0 saturated heterocycles. The van der Waals surface area contributed by atoms with Crippen LogP contribution in [0.4, 0.5) is 11.4 Å². The lowest BCUT2D eigenvalue weighted by molar-refractivity contribution is -0.120. The van der Waals surface area contributed by atoms with Gasteiger partial charge < -0.3 is 14.8 Å². The predicted molar refractivity (Wildman–Crippen MR) is 143 cm³/mol. The third kappa shape index (κ3) is 5.92. The summed E-state index contributed by atoms with van der Waals surface area (Å²) in [6.45, 7) is 4.21. The van der Waals surface area contributed by atoms with E-state index < -0.39 is 23.8 Å². The van der Waals surface area contributed by atoms with Crippen molar-refractivity contribution < 1.29 is 28.7 Å². The molecule has 3 aromatic carbocycles. The first-order valence-corrected chi connectivity index (χ1v) is 12.4. The number of aryl methyl sites for hydroxylation is 1. The largest absolute Gasteiger partial charge is 0.462 e. The molecule has 1 N–H and O–H groups in total. The molecule has 0 unspecified atom stereocenters. The van der Waals surface area contributed by atoms with Crippen molar-refractivity contribution in [1.29, 1.82) is 0 Å². The van der Waals surface area contributed by atoms with Gasteiger partial charge >= 0.3 is 11.9 Å². The minimum Gasteiger partial charge on any atom is -0.462 e. The Bertz CT molecular complexity index is 1410. The number of nitrogens with one attached hydrogen (secondary N) is 1. The zero-order valence-corrected chi connectivity index (χ0v) is 21.6. The summed E-state index contributed by atoms with van der Waals surface area (Å²) in [5.41, 5.74) is 2.18. The van der Waals surface area contributed by atoms with Crippen LogP contribution in [0.15, 0.2) is 83.5 Å². The molecule has 0 fully saturated rings. The maximum atomic E-state index is 13.1. The lowest BCUT2D eigenvalue weighted by Crippen LogP contribution is -2.32. The van der Waals surface area contributed by atoms with Crippen LogP contribution in [0, 0.1) is 6.92 Å². The Morgan fingerprint density at radius 2 is 1.55 bits per heavy atom. The lowest BCUT2D eigenvalue weighted by Gasteiger charge is -2.15. The van der Waals surface area contributed by atoms with Crippen LogP contribution in [-0.4, -0.2) is 30.4 Å². The number of ether oxygens (including phenoxy) is 2. The van der Waals surface area contributed by atoms with Crippen LogP contribution in [0.5, 0.6) is 5.75 Å². The fourth-order valence-electron chi connectivity index (χ4n) is 3.66. The van der Waals surface area contributed by atoms with Crippen molar-refractivity contribution in [2.24, 2.45) is 0 Å². The van der Waals surface area contributed by atoms with Gasteiger partial charge in [0.2, 0.25) is 0 Å². The van der Waals surface area contributed by atoms with E-state index >= 15 is 0 Å². The summed E-state index contributed by atoms with van der Waals surface area (Å²) in [5, 5.41) is 2.58. The molecule has 194 valence electrons. The van der Waals surface area contributed by atoms with Crippen molar-refractivity contribution in [2.75, 3.05) is 16.8 Å². The number of hydrogen-bond donors (Lipinski definition) is 1. The van der Waals surface area contributed by atoms with Crippen LogP contribution in [0.1, 0.15) is 46.0 Å². The van der Waals surface area contributed by atoms with Gasteiger partial charge in [-0.25, -0.2) is 14.5 Å². The summed E-state index contributed by atoms with van der Waals surface area (Å²) in [5.74, 6) is -1.92. The molecule has 4 rings (SSSR count). The minimum absolute atomic E-state index is 0.102. The highest BCUT2D eigenvalue weighted by Crippen LogP contribution is 2.30. The summed E-state index contributed by atoms with van der Waals surface area (Å²) in [7, 11) is 0. The second kappa shape index (κ2) is 11.7. The average molecular weight is 533 g/mol. The maximum absolute atomic E-state index is 13.1. The number of carbonyl (C=O) groups excluding carboxylic acids is 4. The Morgan fingerprint density at radius 1 is 0.895 bits per heavy atom. The highest BCUT2D eigenvalue weighted by Gasteiger charge is 2.39. The first kappa shape index (κ1) is 26.6. The van der Waals surface area contributed by atoms with E-state index in [4.69, 9.17) is 21.1 Å². The van der Waals surface area contributed by atoms with E-state index in [9.17, 15) is 19.2 Å². The fourth-order valence-corrected chi connectivity index (χ4v) is 3.88. The molecule has 0 aromatic heterocycles. The molecule has 0 aliphatic carbocycles. The minimum atomic E-state index is -0.698. The Kier molecular flexibility index (Phi) is 8.23. The number of benzene rings is 3. The quantitative estimate of drug-likeness (QED) is 0.165. The van der Waals surface area contributed by atoms with Gasteiger partial charge in [0.05, 0.1) is 23.4 Å². The van der Waals surface area contributed by atoms with Crippen molar-refractivity contribution >= 4 is 46.7 Å². The van der Waals surface area contributed by atoms with Crippen LogP contribution in [0.25, 0.3) is 0 Å². The molecule has 8 nitrogen and oxygen atoms in total. The number of esters is 2. The van der Waals surface area contributed by atoms with E-state index in [1.807, 2.05) is 19.9 Å². The first-order chi connectivity index (χ1) is 18.3. The van der Waals surface area contributed by atoms with E-state index in [0.29, 0.717) is 29.2 Å². The zero-order valence-electron chi connectivity index (χ0n) is 20.8. The lowest BCUT2D eigenvalue weighted by atomic mass is 10.2. The van der Waals surface area contributed by atoms with E-state index in [1.165, 1.54) is 36.4 Å². The number of amides is 2. The van der Waals surface area contributed by atoms with Crippen molar-refractivity contribution in [3.05, 3.63) is 100 Å². The zero-order chi connectivity index (χ0) is 27.2. The number of imide groups is 1. The van der Waals surface area contributed by atoms with Crippen LogP contribution in [0.3, 0.4) is 0 Å². The molecule has 0 spiro atoms. The molecule has 0 saturated carbocycles. The number of anilines is 2. The highest BCUT2D eigenvalue weighted by atomic mass is 35.5. The van der Waals surface area contributed by atoms with Gasteiger partial charge in [0.15, 0.2) is 0 Å². The van der Waals surface area contributed by atoms with Crippen molar-refractivity contribution in [1.82, 2.24) is 0 Å². The third-order valence-corrected chi connectivity index (χ3v) is 6.06. The second-order valence-electron chi connectivity index (χ2n) is 8.58. The van der Waals surface area contributed by atoms with Gasteiger partial charge in [-0.05, 0) is 79.6 Å². The first-order valence-electron chi connectivity index (χ1n) is 12.0. The highest BCUT2D eigenvalue weighted by molar-refractivity contribution is 6.53. The molecule has 1 heterocycles. The van der Waals surface area contributed by atoms with Crippen LogP contribution < -0.4 is 15.0 Å². The standard InChI is InChI=1S/C29H25ClN2O6/c1-3-4-16-37-28(35)19-10-14-22(15-11-19)32-26(33)24(30)25(27(32)34)31-21-12-8-20(9-13-21)29(36)38-23-7-5-6-18(2)17-23/h5-15,17,31H,3-4,16H2,1-2H3. The monoisotopic (exact) mass is 532 g/mol. The SMILES string of the molecule is CCCCOC(=O)c1ccc(N2C(=O)C(Cl)=C(Nc3ccc(C(=O)Oc4cccc(C)c4)cc3)C2=O)cc1. The molecule has 38 heavy (non-hydrogen) atoms. The Labute approximate surface area is 224 Å². The van der Waals surface area contributed by atoms with Gasteiger partial charge in [-0.3, -0.25) is 9.59 Å². The number of rotatable bonds is 9. The summed E-state index contributed by atoms with van der Waals surface area (Å²) < 4.78 is 10.6. The number of unbranched alkanes of at least 4 members (excludes halogenated alkanes) is 1. The Hall–Kier alpha value is -4.43. The van der Waals surface area contributed by atoms with Gasteiger partial charge in [-0.2, -0.15) is 0 Å². The molecule has 0 atom stereocenters. The fraction of sp³-hybridized carbons (Fsp3) is 0.172. The third-order valence-electron chi connectivity index (χ3n) is 5.71. The normalized spacial score (nSPS) is 13.1. The molecule has 0 bridgehead atoms. The van der Waals surface area contributed by atoms with Crippen LogP contribution in [0.2, 0.25) is 0 Å². The second-order valence-corrected chi connectivity index (χ2v) is 8.96. The van der Waals surface area contributed by atoms with Gasteiger partial charge in [-0.1, -0.05) is 37.1 Å². The van der Waals surface area contributed by atoms with Gasteiger partial charge in [0.25, 0.3) is 11.8 Å². The molecule has 0 radical (unpaired) electrons. The maximum Gasteiger partial charge on any atom is 0.343 e.